The van der Waals surface area contributed by atoms with Crippen molar-refractivity contribution in [1.29, 1.82) is 0 Å². The summed E-state index contributed by atoms with van der Waals surface area (Å²) in [6, 6.07) is 12.7. The van der Waals surface area contributed by atoms with Crippen LogP contribution in [0.25, 0.3) is 0 Å². The zero-order valence-electron chi connectivity index (χ0n) is 12.0. The van der Waals surface area contributed by atoms with Crippen LogP contribution < -0.4 is 4.90 Å². The predicted octanol–water partition coefficient (Wildman–Crippen LogP) is 4.58. The van der Waals surface area contributed by atoms with Gasteiger partial charge in [-0.3, -0.25) is 10.1 Å². The maximum absolute atomic E-state index is 10.9. The predicted molar refractivity (Wildman–Crippen MR) is 86.0 cm³/mol. The molecule has 0 spiro atoms. The highest BCUT2D eigenvalue weighted by Crippen LogP contribution is 2.25. The number of rotatable bonds is 5. The van der Waals surface area contributed by atoms with E-state index in [9.17, 15) is 10.1 Å². The first-order chi connectivity index (χ1) is 10.0. The molecule has 2 aromatic rings. The highest BCUT2D eigenvalue weighted by atomic mass is 35.5. The lowest BCUT2D eigenvalue weighted by molar-refractivity contribution is -0.384. The van der Waals surface area contributed by atoms with Gasteiger partial charge in [-0.05, 0) is 37.6 Å². The fourth-order valence-corrected chi connectivity index (χ4v) is 2.32. The minimum Gasteiger partial charge on any atom is -0.367 e. The van der Waals surface area contributed by atoms with Gasteiger partial charge < -0.3 is 4.90 Å². The van der Waals surface area contributed by atoms with Crippen LogP contribution in [0.1, 0.15) is 18.1 Å². The summed E-state index contributed by atoms with van der Waals surface area (Å²) in [5, 5.41) is 11.4. The average Bonchev–Trinajstić information content (AvgIpc) is 2.47. The van der Waals surface area contributed by atoms with Crippen molar-refractivity contribution in [1.82, 2.24) is 0 Å². The van der Waals surface area contributed by atoms with Crippen LogP contribution in [0.5, 0.6) is 0 Å². The molecule has 5 heteroatoms. The topological polar surface area (TPSA) is 46.4 Å². The second-order valence-electron chi connectivity index (χ2n) is 4.88. The number of benzene rings is 2. The van der Waals surface area contributed by atoms with Crippen LogP contribution in [0.4, 0.5) is 11.4 Å². The average molecular weight is 305 g/mol. The van der Waals surface area contributed by atoms with Crippen molar-refractivity contribution in [2.24, 2.45) is 0 Å². The summed E-state index contributed by atoms with van der Waals surface area (Å²) in [4.78, 5) is 12.6. The number of nitro benzene ring substituents is 1. The fourth-order valence-electron chi connectivity index (χ4n) is 2.14. The van der Waals surface area contributed by atoms with Gasteiger partial charge >= 0.3 is 0 Å². The Morgan fingerprint density at radius 3 is 2.43 bits per heavy atom. The monoisotopic (exact) mass is 304 g/mol. The molecular weight excluding hydrogens is 288 g/mol. The van der Waals surface area contributed by atoms with E-state index in [-0.39, 0.29) is 5.69 Å². The summed E-state index contributed by atoms with van der Waals surface area (Å²) in [6.07, 6.45) is 0. The van der Waals surface area contributed by atoms with Gasteiger partial charge in [0.1, 0.15) is 0 Å². The Labute approximate surface area is 129 Å². The lowest BCUT2D eigenvalue weighted by Crippen LogP contribution is -2.22. The molecule has 0 heterocycles. The molecular formula is C16H17ClN2O2. The molecule has 0 aliphatic carbocycles. The van der Waals surface area contributed by atoms with Crippen LogP contribution in [0, 0.1) is 17.0 Å². The van der Waals surface area contributed by atoms with Gasteiger partial charge in [-0.1, -0.05) is 29.3 Å². The Hall–Kier alpha value is -2.07. The first-order valence-electron chi connectivity index (χ1n) is 6.75. The minimum absolute atomic E-state index is 0.0642. The summed E-state index contributed by atoms with van der Waals surface area (Å²) in [7, 11) is 0. The highest BCUT2D eigenvalue weighted by molar-refractivity contribution is 6.31. The zero-order chi connectivity index (χ0) is 15.4. The molecule has 2 aromatic carbocycles. The van der Waals surface area contributed by atoms with Gasteiger partial charge in [-0.15, -0.1) is 0 Å². The molecule has 0 amide bonds. The molecule has 0 saturated heterocycles. The highest BCUT2D eigenvalue weighted by Gasteiger charge is 2.13. The first kappa shape index (κ1) is 15.3. The number of hydrogen-bond acceptors (Lipinski definition) is 3. The van der Waals surface area contributed by atoms with E-state index in [0.717, 1.165) is 17.8 Å². The molecule has 0 bridgehead atoms. The van der Waals surface area contributed by atoms with Gasteiger partial charge in [0.2, 0.25) is 0 Å². The Morgan fingerprint density at radius 2 is 1.86 bits per heavy atom. The molecule has 2 rings (SSSR count). The van der Waals surface area contributed by atoms with Crippen LogP contribution in [-0.4, -0.2) is 11.5 Å². The molecule has 0 saturated carbocycles. The van der Waals surface area contributed by atoms with Gasteiger partial charge in [0.05, 0.1) is 4.92 Å². The minimum atomic E-state index is -0.401. The van der Waals surface area contributed by atoms with Crippen molar-refractivity contribution in [3.63, 3.8) is 0 Å². The molecule has 0 atom stereocenters. The molecule has 0 aliphatic rings. The third kappa shape index (κ3) is 3.73. The first-order valence-corrected chi connectivity index (χ1v) is 7.13. The summed E-state index contributed by atoms with van der Waals surface area (Å²) in [5.41, 5.74) is 3.09. The van der Waals surface area contributed by atoms with Crippen LogP contribution in [-0.2, 0) is 6.54 Å². The summed E-state index contributed by atoms with van der Waals surface area (Å²) < 4.78 is 0. The number of nitrogens with zero attached hydrogens (tertiary/aromatic N) is 2. The van der Waals surface area contributed by atoms with Crippen molar-refractivity contribution in [2.75, 3.05) is 11.4 Å². The number of non-ortho nitro benzene ring substituents is 1. The second kappa shape index (κ2) is 6.59. The number of hydrogen-bond donors (Lipinski definition) is 0. The van der Waals surface area contributed by atoms with Crippen molar-refractivity contribution in [3.8, 4) is 0 Å². The third-order valence-electron chi connectivity index (χ3n) is 3.38. The van der Waals surface area contributed by atoms with Crippen molar-refractivity contribution in [2.45, 2.75) is 20.4 Å². The van der Waals surface area contributed by atoms with E-state index in [1.807, 2.05) is 38.1 Å². The van der Waals surface area contributed by atoms with Gasteiger partial charge in [0.15, 0.2) is 0 Å². The van der Waals surface area contributed by atoms with Crippen molar-refractivity contribution < 1.29 is 4.92 Å². The molecule has 110 valence electrons. The lowest BCUT2D eigenvalue weighted by Gasteiger charge is -2.23. The van der Waals surface area contributed by atoms with E-state index < -0.39 is 4.92 Å². The normalized spacial score (nSPS) is 10.4. The zero-order valence-corrected chi connectivity index (χ0v) is 12.8. The second-order valence-corrected chi connectivity index (χ2v) is 5.29. The van der Waals surface area contributed by atoms with E-state index in [2.05, 4.69) is 4.90 Å². The number of aryl methyl sites for hydroxylation is 1. The van der Waals surface area contributed by atoms with Gasteiger partial charge in [-0.25, -0.2) is 0 Å². The Balaban J connectivity index is 2.28. The van der Waals surface area contributed by atoms with Crippen molar-refractivity contribution in [3.05, 3.63) is 68.7 Å². The number of halogens is 1. The molecule has 4 nitrogen and oxygen atoms in total. The van der Waals surface area contributed by atoms with Gasteiger partial charge in [-0.2, -0.15) is 0 Å². The quantitative estimate of drug-likeness (QED) is 0.600. The molecule has 0 fully saturated rings. The van der Waals surface area contributed by atoms with Gasteiger partial charge in [0.25, 0.3) is 5.69 Å². The smallest absolute Gasteiger partial charge is 0.269 e. The standard InChI is InChI=1S/C16H17ClN2O2/c1-3-18(14-6-4-12(2)5-7-14)11-13-10-15(19(20)21)8-9-16(13)17/h4-10H,3,11H2,1-2H3. The molecule has 0 N–H and O–H groups in total. The van der Waals surface area contributed by atoms with Crippen LogP contribution in [0.2, 0.25) is 5.02 Å². The maximum Gasteiger partial charge on any atom is 0.269 e. The van der Waals surface area contributed by atoms with Crippen LogP contribution >= 0.6 is 11.6 Å². The molecule has 0 unspecified atom stereocenters. The maximum atomic E-state index is 10.9. The lowest BCUT2D eigenvalue weighted by atomic mass is 10.1. The van der Waals surface area contributed by atoms with Crippen LogP contribution in [0.15, 0.2) is 42.5 Å². The van der Waals surface area contributed by atoms with E-state index in [0.29, 0.717) is 11.6 Å². The van der Waals surface area contributed by atoms with E-state index in [1.54, 1.807) is 12.1 Å². The summed E-state index contributed by atoms with van der Waals surface area (Å²) >= 11 is 6.17. The number of anilines is 1. The molecule has 0 aliphatic heterocycles. The third-order valence-corrected chi connectivity index (χ3v) is 3.75. The Morgan fingerprint density at radius 1 is 1.19 bits per heavy atom. The van der Waals surface area contributed by atoms with E-state index in [1.165, 1.54) is 11.6 Å². The number of nitro groups is 1. The SMILES string of the molecule is CCN(Cc1cc([N+](=O)[O-])ccc1Cl)c1ccc(C)cc1. The Kier molecular flexibility index (Phi) is 4.81. The summed E-state index contributed by atoms with van der Waals surface area (Å²) in [5.74, 6) is 0. The summed E-state index contributed by atoms with van der Waals surface area (Å²) in [6.45, 7) is 5.42. The van der Waals surface area contributed by atoms with Crippen LogP contribution in [0.3, 0.4) is 0 Å². The van der Waals surface area contributed by atoms with E-state index in [4.69, 9.17) is 11.6 Å². The fraction of sp³-hybridized carbons (Fsp3) is 0.250. The van der Waals surface area contributed by atoms with Crippen molar-refractivity contribution >= 4 is 23.0 Å². The molecule has 21 heavy (non-hydrogen) atoms. The Bertz CT molecular complexity index is 641. The largest absolute Gasteiger partial charge is 0.367 e. The van der Waals surface area contributed by atoms with E-state index >= 15 is 0 Å². The molecule has 0 aromatic heterocycles. The molecule has 0 radical (unpaired) electrons. The van der Waals surface area contributed by atoms with Gasteiger partial charge in [0, 0.05) is 35.9 Å².